The Kier molecular flexibility index (Phi) is 4.85. The lowest BCUT2D eigenvalue weighted by molar-refractivity contribution is 0.122. The number of sulfone groups is 1. The Morgan fingerprint density at radius 1 is 1.05 bits per heavy atom. The average Bonchev–Trinajstić information content (AvgIpc) is 2.69. The van der Waals surface area contributed by atoms with Crippen LogP contribution in [-0.4, -0.2) is 44.5 Å². The summed E-state index contributed by atoms with van der Waals surface area (Å²) in [5.74, 6) is 2.39. The molecule has 3 nitrogen and oxygen atoms in total. The fraction of sp³-hybridized carbons (Fsp3) is 1.00. The van der Waals surface area contributed by atoms with Crippen molar-refractivity contribution in [3.05, 3.63) is 0 Å². The molecule has 1 saturated heterocycles. The van der Waals surface area contributed by atoms with Gasteiger partial charge in [-0.15, -0.1) is 0 Å². The monoisotopic (exact) mass is 301 g/mol. The van der Waals surface area contributed by atoms with E-state index in [1.54, 1.807) is 0 Å². The molecule has 0 radical (unpaired) electrons. The molecular weight excluding hydrogens is 270 g/mol. The molecule has 1 aliphatic heterocycles. The van der Waals surface area contributed by atoms with Crippen molar-refractivity contribution in [3.63, 3.8) is 0 Å². The Labute approximate surface area is 125 Å². The van der Waals surface area contributed by atoms with E-state index < -0.39 is 9.84 Å². The van der Waals surface area contributed by atoms with Gasteiger partial charge in [-0.3, -0.25) is 0 Å². The van der Waals surface area contributed by atoms with E-state index in [1.807, 2.05) is 0 Å². The van der Waals surface area contributed by atoms with Gasteiger partial charge in [0, 0.05) is 12.6 Å². The second-order valence-corrected chi connectivity index (χ2v) is 10.3. The summed E-state index contributed by atoms with van der Waals surface area (Å²) in [7, 11) is -0.639. The van der Waals surface area contributed by atoms with Crippen molar-refractivity contribution in [1.82, 2.24) is 4.90 Å². The lowest BCUT2D eigenvalue weighted by Gasteiger charge is -2.38. The molecule has 1 saturated carbocycles. The van der Waals surface area contributed by atoms with Crippen LogP contribution in [0.5, 0.6) is 0 Å². The highest BCUT2D eigenvalue weighted by Crippen LogP contribution is 2.40. The highest BCUT2D eigenvalue weighted by molar-refractivity contribution is 7.91. The van der Waals surface area contributed by atoms with Crippen LogP contribution in [0.1, 0.15) is 52.9 Å². The molecule has 0 aromatic carbocycles. The zero-order chi connectivity index (χ0) is 15.0. The topological polar surface area (TPSA) is 37.4 Å². The van der Waals surface area contributed by atoms with Gasteiger partial charge in [0.1, 0.15) is 0 Å². The quantitative estimate of drug-likeness (QED) is 0.804. The highest BCUT2D eigenvalue weighted by atomic mass is 32.2. The number of hydrogen-bond donors (Lipinski definition) is 0. The van der Waals surface area contributed by atoms with Crippen LogP contribution in [0.15, 0.2) is 0 Å². The molecule has 0 unspecified atom stereocenters. The first-order valence-electron chi connectivity index (χ1n) is 8.08. The van der Waals surface area contributed by atoms with Crippen LogP contribution in [0.25, 0.3) is 0 Å². The Balaban J connectivity index is 1.78. The van der Waals surface area contributed by atoms with Crippen LogP contribution in [0.2, 0.25) is 0 Å². The summed E-state index contributed by atoms with van der Waals surface area (Å²) in [4.78, 5) is 2.31. The van der Waals surface area contributed by atoms with Crippen LogP contribution < -0.4 is 0 Å². The van der Waals surface area contributed by atoms with Gasteiger partial charge in [-0.05, 0) is 56.4 Å². The number of nitrogens with zero attached hydrogens (tertiary/aromatic N) is 1. The Morgan fingerprint density at radius 3 is 2.10 bits per heavy atom. The molecule has 0 spiro atoms. The second-order valence-electron chi connectivity index (χ2n) is 8.08. The first kappa shape index (κ1) is 16.3. The number of rotatable bonds is 3. The lowest BCUT2D eigenvalue weighted by atomic mass is 9.70. The van der Waals surface area contributed by atoms with Crippen molar-refractivity contribution >= 4 is 9.84 Å². The van der Waals surface area contributed by atoms with E-state index in [-0.39, 0.29) is 6.04 Å². The van der Waals surface area contributed by atoms with Gasteiger partial charge in [-0.2, -0.15) is 0 Å². The predicted octanol–water partition coefficient (Wildman–Crippen LogP) is 2.96. The van der Waals surface area contributed by atoms with Gasteiger partial charge < -0.3 is 4.90 Å². The van der Waals surface area contributed by atoms with Gasteiger partial charge in [0.05, 0.1) is 11.5 Å². The van der Waals surface area contributed by atoms with Gasteiger partial charge in [0.2, 0.25) is 0 Å². The molecule has 20 heavy (non-hydrogen) atoms. The van der Waals surface area contributed by atoms with Crippen LogP contribution in [-0.2, 0) is 9.84 Å². The largest absolute Gasteiger partial charge is 0.302 e. The first-order valence-corrected chi connectivity index (χ1v) is 9.90. The maximum atomic E-state index is 11.6. The summed E-state index contributed by atoms with van der Waals surface area (Å²) in [6, 6.07) is 0.264. The molecule has 1 atom stereocenters. The van der Waals surface area contributed by atoms with E-state index in [0.29, 0.717) is 16.9 Å². The standard InChI is InChI=1S/C16H31NO2S/c1-16(2,3)14-7-5-13(6-8-14)11-17(4)15-9-10-20(18,19)12-15/h13-15H,5-12H2,1-4H3/t13?,14?,15-/m1/s1. The highest BCUT2D eigenvalue weighted by Gasteiger charge is 2.33. The molecule has 0 aromatic heterocycles. The maximum Gasteiger partial charge on any atom is 0.151 e. The van der Waals surface area contributed by atoms with Crippen molar-refractivity contribution in [3.8, 4) is 0 Å². The van der Waals surface area contributed by atoms with E-state index in [9.17, 15) is 8.42 Å². The van der Waals surface area contributed by atoms with Gasteiger partial charge >= 0.3 is 0 Å². The SMILES string of the molecule is CN(CC1CCC(C(C)(C)C)CC1)[C@@H]1CCS(=O)(=O)C1. The minimum atomic E-state index is -2.75. The Bertz CT molecular complexity index is 416. The van der Waals surface area contributed by atoms with Crippen molar-refractivity contribution in [2.24, 2.45) is 17.3 Å². The minimum Gasteiger partial charge on any atom is -0.302 e. The molecule has 118 valence electrons. The summed E-state index contributed by atoms with van der Waals surface area (Å²) in [6.07, 6.45) is 6.13. The second kappa shape index (κ2) is 5.96. The Hall–Kier alpha value is -0.0900. The molecule has 2 fully saturated rings. The molecule has 1 aliphatic carbocycles. The zero-order valence-electron chi connectivity index (χ0n) is 13.6. The van der Waals surface area contributed by atoms with Crippen molar-refractivity contribution in [1.29, 1.82) is 0 Å². The third-order valence-electron chi connectivity index (χ3n) is 5.45. The molecule has 2 rings (SSSR count). The van der Waals surface area contributed by atoms with E-state index >= 15 is 0 Å². The van der Waals surface area contributed by atoms with E-state index in [2.05, 4.69) is 32.7 Å². The first-order chi connectivity index (χ1) is 9.17. The smallest absolute Gasteiger partial charge is 0.151 e. The fourth-order valence-electron chi connectivity index (χ4n) is 3.89. The molecule has 4 heteroatoms. The van der Waals surface area contributed by atoms with Gasteiger partial charge in [-0.25, -0.2) is 8.42 Å². The van der Waals surface area contributed by atoms with Crippen LogP contribution >= 0.6 is 0 Å². The summed E-state index contributed by atoms with van der Waals surface area (Å²) in [5, 5.41) is 0. The molecule has 1 heterocycles. The van der Waals surface area contributed by atoms with Crippen molar-refractivity contribution in [2.45, 2.75) is 58.9 Å². The molecule has 0 N–H and O–H groups in total. The van der Waals surface area contributed by atoms with Crippen molar-refractivity contribution < 1.29 is 8.42 Å². The molecular formula is C16H31NO2S. The predicted molar refractivity (Wildman–Crippen MR) is 84.6 cm³/mol. The van der Waals surface area contributed by atoms with Gasteiger partial charge in [-0.1, -0.05) is 20.8 Å². The van der Waals surface area contributed by atoms with Crippen LogP contribution in [0.4, 0.5) is 0 Å². The normalized spacial score (nSPS) is 34.5. The van der Waals surface area contributed by atoms with Gasteiger partial charge in [0.15, 0.2) is 9.84 Å². The third-order valence-corrected chi connectivity index (χ3v) is 7.20. The van der Waals surface area contributed by atoms with E-state index in [4.69, 9.17) is 0 Å². The number of hydrogen-bond acceptors (Lipinski definition) is 3. The summed E-state index contributed by atoms with van der Waals surface area (Å²) >= 11 is 0. The third kappa shape index (κ3) is 4.20. The average molecular weight is 301 g/mol. The molecule has 0 amide bonds. The Morgan fingerprint density at radius 2 is 1.65 bits per heavy atom. The molecule has 0 aromatic rings. The minimum absolute atomic E-state index is 0.264. The van der Waals surface area contributed by atoms with Crippen LogP contribution in [0, 0.1) is 17.3 Å². The lowest BCUT2D eigenvalue weighted by Crippen LogP contribution is -2.38. The fourth-order valence-corrected chi connectivity index (χ4v) is 5.70. The van der Waals surface area contributed by atoms with E-state index in [1.165, 1.54) is 25.7 Å². The summed E-state index contributed by atoms with van der Waals surface area (Å²) in [6.45, 7) is 8.14. The van der Waals surface area contributed by atoms with Gasteiger partial charge in [0.25, 0.3) is 0 Å². The van der Waals surface area contributed by atoms with Crippen LogP contribution in [0.3, 0.4) is 0 Å². The molecule has 0 bridgehead atoms. The van der Waals surface area contributed by atoms with Crippen molar-refractivity contribution in [2.75, 3.05) is 25.1 Å². The summed E-state index contributed by atoms with van der Waals surface area (Å²) < 4.78 is 23.1. The zero-order valence-corrected chi connectivity index (χ0v) is 14.4. The molecule has 2 aliphatic rings. The van der Waals surface area contributed by atoms with E-state index in [0.717, 1.165) is 24.8 Å². The summed E-state index contributed by atoms with van der Waals surface area (Å²) in [5.41, 5.74) is 0.441. The maximum absolute atomic E-state index is 11.6.